The quantitative estimate of drug-likeness (QED) is 0.702. The molecule has 1 amide bonds. The van der Waals surface area contributed by atoms with Crippen LogP contribution in [-0.2, 0) is 4.79 Å². The summed E-state index contributed by atoms with van der Waals surface area (Å²) in [4.78, 5) is 19.3. The Hall–Kier alpha value is -3.40. The van der Waals surface area contributed by atoms with E-state index >= 15 is 0 Å². The Morgan fingerprint density at radius 1 is 0.963 bits per heavy atom. The number of nitrogens with zero attached hydrogens (tertiary/aromatic N) is 2. The fourth-order valence-corrected chi connectivity index (χ4v) is 3.61. The molecule has 1 heterocycles. The summed E-state index contributed by atoms with van der Waals surface area (Å²) >= 11 is 0. The van der Waals surface area contributed by atoms with E-state index in [9.17, 15) is 9.90 Å². The molecule has 0 saturated heterocycles. The Morgan fingerprint density at radius 2 is 1.63 bits per heavy atom. The van der Waals surface area contributed by atoms with Gasteiger partial charge in [-0.05, 0) is 29.8 Å². The minimum atomic E-state index is -0.203. The van der Waals surface area contributed by atoms with Gasteiger partial charge in [-0.3, -0.25) is 9.79 Å². The van der Waals surface area contributed by atoms with Crippen LogP contribution in [0.4, 0.5) is 11.4 Å². The van der Waals surface area contributed by atoms with Gasteiger partial charge in [-0.25, -0.2) is 0 Å². The highest BCUT2D eigenvalue weighted by molar-refractivity contribution is 6.08. The summed E-state index contributed by atoms with van der Waals surface area (Å²) in [5.41, 5.74) is 4.00. The molecule has 134 valence electrons. The fraction of sp³-hybridized carbons (Fsp3) is 0.130. The Morgan fingerprint density at radius 3 is 2.37 bits per heavy atom. The third-order valence-corrected chi connectivity index (χ3v) is 4.83. The maximum Gasteiger partial charge on any atom is 0.224 e. The molecule has 0 aliphatic carbocycles. The highest BCUT2D eigenvalue weighted by Gasteiger charge is 2.31. The average Bonchev–Trinajstić information content (AvgIpc) is 2.86. The van der Waals surface area contributed by atoms with Crippen molar-refractivity contribution in [3.05, 3.63) is 90.0 Å². The van der Waals surface area contributed by atoms with Crippen LogP contribution in [0.15, 0.2) is 83.9 Å². The van der Waals surface area contributed by atoms with Gasteiger partial charge < -0.3 is 10.0 Å². The van der Waals surface area contributed by atoms with Gasteiger partial charge in [0, 0.05) is 18.9 Å². The molecule has 27 heavy (non-hydrogen) atoms. The summed E-state index contributed by atoms with van der Waals surface area (Å²) in [6.07, 6.45) is 0.510. The van der Waals surface area contributed by atoms with Crippen LogP contribution >= 0.6 is 0 Å². The molecule has 0 saturated carbocycles. The average molecular weight is 356 g/mol. The van der Waals surface area contributed by atoms with Crippen molar-refractivity contribution in [2.45, 2.75) is 19.4 Å². The molecule has 0 aromatic heterocycles. The van der Waals surface area contributed by atoms with Gasteiger partial charge in [-0.2, -0.15) is 0 Å². The Labute approximate surface area is 158 Å². The largest absolute Gasteiger partial charge is 0.507 e. The molecule has 0 bridgehead atoms. The van der Waals surface area contributed by atoms with Crippen LogP contribution < -0.4 is 4.90 Å². The van der Waals surface area contributed by atoms with Gasteiger partial charge >= 0.3 is 0 Å². The predicted octanol–water partition coefficient (Wildman–Crippen LogP) is 5.01. The Balaban J connectivity index is 1.93. The van der Waals surface area contributed by atoms with Crippen LogP contribution in [0.25, 0.3) is 0 Å². The zero-order valence-corrected chi connectivity index (χ0v) is 15.0. The van der Waals surface area contributed by atoms with Gasteiger partial charge in [-0.1, -0.05) is 54.6 Å². The lowest BCUT2D eigenvalue weighted by molar-refractivity contribution is -0.117. The number of hydrogen-bond acceptors (Lipinski definition) is 3. The van der Waals surface area contributed by atoms with E-state index in [4.69, 9.17) is 4.99 Å². The number of anilines is 1. The van der Waals surface area contributed by atoms with Crippen molar-refractivity contribution in [2.75, 3.05) is 4.90 Å². The molecule has 3 aromatic rings. The first-order chi connectivity index (χ1) is 13.1. The highest BCUT2D eigenvalue weighted by atomic mass is 16.3. The summed E-state index contributed by atoms with van der Waals surface area (Å²) in [6, 6.07) is 24.6. The van der Waals surface area contributed by atoms with E-state index in [-0.39, 0.29) is 17.7 Å². The summed E-state index contributed by atoms with van der Waals surface area (Å²) in [6.45, 7) is 1.58. The number of fused-ring (bicyclic) bond motifs is 1. The summed E-state index contributed by atoms with van der Waals surface area (Å²) in [5.74, 6) is 0.154. The van der Waals surface area contributed by atoms with Gasteiger partial charge in [-0.15, -0.1) is 0 Å². The van der Waals surface area contributed by atoms with Crippen LogP contribution in [0.3, 0.4) is 0 Å². The smallest absolute Gasteiger partial charge is 0.224 e. The molecule has 1 aliphatic rings. The number of amides is 1. The number of phenols is 1. The number of carbonyl (C=O) groups excluding carboxylic acids is 1. The van der Waals surface area contributed by atoms with Gasteiger partial charge in [0.2, 0.25) is 5.91 Å². The number of hydrogen-bond donors (Lipinski definition) is 1. The van der Waals surface area contributed by atoms with Crippen LogP contribution in [-0.4, -0.2) is 16.7 Å². The number of benzene rings is 3. The van der Waals surface area contributed by atoms with Gasteiger partial charge in [0.05, 0.1) is 23.1 Å². The first kappa shape index (κ1) is 17.0. The molecule has 0 spiro atoms. The number of aromatic hydroxyl groups is 1. The second-order valence-corrected chi connectivity index (χ2v) is 6.58. The minimum Gasteiger partial charge on any atom is -0.507 e. The van der Waals surface area contributed by atoms with E-state index < -0.39 is 0 Å². The molecule has 4 heteroatoms. The summed E-state index contributed by atoms with van der Waals surface area (Å²) in [7, 11) is 0. The highest BCUT2D eigenvalue weighted by Crippen LogP contribution is 2.41. The van der Waals surface area contributed by atoms with E-state index in [1.165, 1.54) is 0 Å². The topological polar surface area (TPSA) is 52.9 Å². The minimum absolute atomic E-state index is 0.0370. The van der Waals surface area contributed by atoms with Gasteiger partial charge in [0.25, 0.3) is 0 Å². The van der Waals surface area contributed by atoms with Crippen molar-refractivity contribution in [2.24, 2.45) is 4.99 Å². The second-order valence-electron chi connectivity index (χ2n) is 6.58. The van der Waals surface area contributed by atoms with Crippen LogP contribution in [0.2, 0.25) is 0 Å². The standard InChI is InChI=1S/C23H20N2O2/c1-16(26)25-21-13-7-6-12-19(21)24-20(18-11-5-8-14-23(18)27)15-22(25)17-9-3-2-4-10-17/h2-14,22,27H,15H2,1H3. The van der Waals surface area contributed by atoms with E-state index in [0.717, 1.165) is 22.6 Å². The second kappa shape index (κ2) is 7.08. The van der Waals surface area contributed by atoms with E-state index in [1.54, 1.807) is 24.0 Å². The summed E-state index contributed by atoms with van der Waals surface area (Å²) in [5, 5.41) is 10.4. The maximum atomic E-state index is 12.6. The third kappa shape index (κ3) is 3.22. The number of rotatable bonds is 2. The number of para-hydroxylation sites is 3. The molecular weight excluding hydrogens is 336 g/mol. The zero-order valence-electron chi connectivity index (χ0n) is 15.0. The molecule has 1 aliphatic heterocycles. The predicted molar refractivity (Wildman–Crippen MR) is 108 cm³/mol. The lowest BCUT2D eigenvalue weighted by Crippen LogP contribution is -2.33. The van der Waals surface area contributed by atoms with Crippen molar-refractivity contribution in [1.82, 2.24) is 0 Å². The van der Waals surface area contributed by atoms with Crippen LogP contribution in [0.1, 0.15) is 30.5 Å². The molecule has 4 rings (SSSR count). The first-order valence-corrected chi connectivity index (χ1v) is 8.95. The van der Waals surface area contributed by atoms with Crippen molar-refractivity contribution in [1.29, 1.82) is 0 Å². The van der Waals surface area contributed by atoms with Gasteiger partial charge in [0.1, 0.15) is 5.75 Å². The molecular formula is C23H20N2O2. The monoisotopic (exact) mass is 356 g/mol. The molecule has 0 radical (unpaired) electrons. The first-order valence-electron chi connectivity index (χ1n) is 8.95. The zero-order chi connectivity index (χ0) is 18.8. The van der Waals surface area contributed by atoms with E-state index in [0.29, 0.717) is 12.0 Å². The lowest BCUT2D eigenvalue weighted by atomic mass is 9.95. The van der Waals surface area contributed by atoms with Crippen LogP contribution in [0.5, 0.6) is 5.75 Å². The van der Waals surface area contributed by atoms with Crippen molar-refractivity contribution in [3.8, 4) is 5.75 Å². The molecule has 0 fully saturated rings. The SMILES string of the molecule is CC(=O)N1c2ccccc2N=C(c2ccccc2O)CC1c1ccccc1. The van der Waals surface area contributed by atoms with E-state index in [2.05, 4.69) is 0 Å². The fourth-order valence-electron chi connectivity index (χ4n) is 3.61. The lowest BCUT2D eigenvalue weighted by Gasteiger charge is -2.30. The Kier molecular flexibility index (Phi) is 4.47. The number of carbonyl (C=O) groups is 1. The molecule has 4 nitrogen and oxygen atoms in total. The van der Waals surface area contributed by atoms with Crippen molar-refractivity contribution >= 4 is 23.0 Å². The van der Waals surface area contributed by atoms with Crippen molar-refractivity contribution in [3.63, 3.8) is 0 Å². The van der Waals surface area contributed by atoms with E-state index in [1.807, 2.05) is 66.7 Å². The third-order valence-electron chi connectivity index (χ3n) is 4.83. The number of phenolic OH excluding ortho intramolecular Hbond substituents is 1. The molecule has 1 N–H and O–H groups in total. The van der Waals surface area contributed by atoms with Gasteiger partial charge in [0.15, 0.2) is 0 Å². The molecule has 1 atom stereocenters. The summed E-state index contributed by atoms with van der Waals surface area (Å²) < 4.78 is 0. The van der Waals surface area contributed by atoms with Crippen molar-refractivity contribution < 1.29 is 9.90 Å². The Bertz CT molecular complexity index is 1010. The number of aliphatic imine (C=N–C) groups is 1. The maximum absolute atomic E-state index is 12.6. The molecule has 1 unspecified atom stereocenters. The normalized spacial score (nSPS) is 16.3. The van der Waals surface area contributed by atoms with Crippen LogP contribution in [0, 0.1) is 0 Å². The molecule has 3 aromatic carbocycles.